The average molecular weight is 230 g/mol. The number of methoxy groups -OCH3 is 1. The lowest BCUT2D eigenvalue weighted by Gasteiger charge is -2.19. The molecule has 0 bridgehead atoms. The third-order valence-corrected chi connectivity index (χ3v) is 3.25. The van der Waals surface area contributed by atoms with E-state index in [1.54, 1.807) is 7.11 Å². The van der Waals surface area contributed by atoms with E-state index in [0.29, 0.717) is 0 Å². The van der Waals surface area contributed by atoms with Crippen molar-refractivity contribution in [3.05, 3.63) is 29.8 Å². The van der Waals surface area contributed by atoms with Crippen LogP contribution in [0.4, 0.5) is 0 Å². The van der Waals surface area contributed by atoms with Gasteiger partial charge in [0, 0.05) is 13.1 Å². The predicted octanol–water partition coefficient (Wildman–Crippen LogP) is 2.43. The minimum Gasteiger partial charge on any atom is -0.497 e. The molecular weight excluding hydrogens is 212 g/mol. The second-order valence-electron chi connectivity index (χ2n) is 4.92. The maximum Gasteiger partial charge on any atom is 0.119 e. The Labute approximate surface area is 103 Å². The molecule has 0 spiro atoms. The first kappa shape index (κ1) is 11.9. The second-order valence-corrected chi connectivity index (χ2v) is 4.92. The molecule has 0 unspecified atom stereocenters. The lowest BCUT2D eigenvalue weighted by Crippen LogP contribution is -2.25. The molecule has 0 amide bonds. The van der Waals surface area contributed by atoms with Crippen LogP contribution < -0.4 is 4.74 Å². The SMILES string of the molecule is COc1cccc(CN(C)CC2(C#N)CC2)c1. The minimum absolute atomic E-state index is 0.0619. The monoisotopic (exact) mass is 230 g/mol. The van der Waals surface area contributed by atoms with Gasteiger partial charge < -0.3 is 9.64 Å². The van der Waals surface area contributed by atoms with Gasteiger partial charge in [0.05, 0.1) is 18.6 Å². The number of ether oxygens (including phenoxy) is 1. The van der Waals surface area contributed by atoms with Gasteiger partial charge in [-0.15, -0.1) is 0 Å². The molecule has 0 aromatic heterocycles. The van der Waals surface area contributed by atoms with Crippen molar-refractivity contribution in [3.8, 4) is 11.8 Å². The van der Waals surface area contributed by atoms with E-state index in [9.17, 15) is 0 Å². The molecule has 1 aromatic carbocycles. The third-order valence-electron chi connectivity index (χ3n) is 3.25. The molecule has 0 saturated heterocycles. The van der Waals surface area contributed by atoms with E-state index < -0.39 is 0 Å². The fourth-order valence-electron chi connectivity index (χ4n) is 2.11. The molecule has 1 saturated carbocycles. The van der Waals surface area contributed by atoms with Crippen LogP contribution >= 0.6 is 0 Å². The summed E-state index contributed by atoms with van der Waals surface area (Å²) in [5.41, 5.74) is 1.16. The molecule has 1 fully saturated rings. The van der Waals surface area contributed by atoms with Crippen molar-refractivity contribution in [2.75, 3.05) is 20.7 Å². The number of hydrogen-bond donors (Lipinski definition) is 0. The fourth-order valence-corrected chi connectivity index (χ4v) is 2.11. The molecule has 90 valence electrons. The number of benzene rings is 1. The Hall–Kier alpha value is -1.53. The Kier molecular flexibility index (Phi) is 3.35. The average Bonchev–Trinajstić information content (AvgIpc) is 3.09. The van der Waals surface area contributed by atoms with Gasteiger partial charge in [-0.05, 0) is 37.6 Å². The van der Waals surface area contributed by atoms with E-state index >= 15 is 0 Å². The van der Waals surface area contributed by atoms with Crippen LogP contribution in [-0.2, 0) is 6.54 Å². The molecule has 3 heteroatoms. The zero-order valence-corrected chi connectivity index (χ0v) is 10.4. The highest BCUT2D eigenvalue weighted by Crippen LogP contribution is 2.45. The maximum atomic E-state index is 9.06. The van der Waals surface area contributed by atoms with Crippen LogP contribution in [0.3, 0.4) is 0 Å². The van der Waals surface area contributed by atoms with E-state index in [1.807, 2.05) is 18.2 Å². The highest BCUT2D eigenvalue weighted by atomic mass is 16.5. The Morgan fingerprint density at radius 2 is 2.24 bits per heavy atom. The number of nitriles is 1. The van der Waals surface area contributed by atoms with Gasteiger partial charge in [0.15, 0.2) is 0 Å². The van der Waals surface area contributed by atoms with Crippen molar-refractivity contribution in [2.24, 2.45) is 5.41 Å². The van der Waals surface area contributed by atoms with Crippen LogP contribution in [0.15, 0.2) is 24.3 Å². The maximum absolute atomic E-state index is 9.06. The first-order valence-electron chi connectivity index (χ1n) is 5.90. The van der Waals surface area contributed by atoms with Gasteiger partial charge in [0.2, 0.25) is 0 Å². The zero-order chi connectivity index (χ0) is 12.3. The summed E-state index contributed by atoms with van der Waals surface area (Å²) in [6.07, 6.45) is 2.10. The lowest BCUT2D eigenvalue weighted by molar-refractivity contribution is 0.286. The van der Waals surface area contributed by atoms with Crippen LogP contribution in [0.1, 0.15) is 18.4 Å². The largest absolute Gasteiger partial charge is 0.497 e. The van der Waals surface area contributed by atoms with Crippen LogP contribution in [-0.4, -0.2) is 25.6 Å². The Morgan fingerprint density at radius 1 is 1.47 bits per heavy atom. The normalized spacial score (nSPS) is 16.6. The van der Waals surface area contributed by atoms with Crippen LogP contribution in [0.5, 0.6) is 5.75 Å². The molecule has 0 N–H and O–H groups in total. The zero-order valence-electron chi connectivity index (χ0n) is 10.4. The summed E-state index contributed by atoms with van der Waals surface area (Å²) in [5.74, 6) is 0.886. The van der Waals surface area contributed by atoms with Gasteiger partial charge in [0.25, 0.3) is 0 Å². The summed E-state index contributed by atoms with van der Waals surface area (Å²) in [4.78, 5) is 2.21. The highest BCUT2D eigenvalue weighted by Gasteiger charge is 2.43. The second kappa shape index (κ2) is 4.77. The molecule has 1 aliphatic carbocycles. The van der Waals surface area contributed by atoms with Gasteiger partial charge in [-0.25, -0.2) is 0 Å². The molecule has 2 rings (SSSR count). The Bertz CT molecular complexity index is 432. The fraction of sp³-hybridized carbons (Fsp3) is 0.500. The summed E-state index contributed by atoms with van der Waals surface area (Å²) < 4.78 is 5.20. The number of nitrogens with zero attached hydrogens (tertiary/aromatic N) is 2. The summed E-state index contributed by atoms with van der Waals surface area (Å²) in [6.45, 7) is 1.72. The predicted molar refractivity (Wildman–Crippen MR) is 66.6 cm³/mol. The van der Waals surface area contributed by atoms with Crippen LogP contribution in [0, 0.1) is 16.7 Å². The molecule has 0 heterocycles. The Balaban J connectivity index is 1.94. The molecule has 1 aliphatic rings. The summed E-state index contributed by atoms with van der Waals surface area (Å²) >= 11 is 0. The minimum atomic E-state index is -0.0619. The quantitative estimate of drug-likeness (QED) is 0.779. The van der Waals surface area contributed by atoms with Crippen molar-refractivity contribution in [2.45, 2.75) is 19.4 Å². The van der Waals surface area contributed by atoms with Crippen molar-refractivity contribution >= 4 is 0 Å². The molecule has 1 aromatic rings. The van der Waals surface area contributed by atoms with E-state index in [2.05, 4.69) is 24.1 Å². The van der Waals surface area contributed by atoms with Crippen molar-refractivity contribution < 1.29 is 4.74 Å². The smallest absolute Gasteiger partial charge is 0.119 e. The van der Waals surface area contributed by atoms with E-state index in [4.69, 9.17) is 10.00 Å². The van der Waals surface area contributed by atoms with E-state index in [1.165, 1.54) is 5.56 Å². The first-order chi connectivity index (χ1) is 8.17. The number of hydrogen-bond acceptors (Lipinski definition) is 3. The summed E-state index contributed by atoms with van der Waals surface area (Å²) in [7, 11) is 3.74. The van der Waals surface area contributed by atoms with E-state index in [0.717, 1.165) is 31.7 Å². The molecule has 0 aliphatic heterocycles. The van der Waals surface area contributed by atoms with Gasteiger partial charge in [-0.2, -0.15) is 5.26 Å². The van der Waals surface area contributed by atoms with Gasteiger partial charge >= 0.3 is 0 Å². The number of rotatable bonds is 5. The molecule has 3 nitrogen and oxygen atoms in total. The molecule has 0 atom stereocenters. The molecule has 0 radical (unpaired) electrons. The third kappa shape index (κ3) is 2.98. The lowest BCUT2D eigenvalue weighted by atomic mass is 10.1. The standard InChI is InChI=1S/C14H18N2O/c1-16(11-14(10-15)6-7-14)9-12-4-3-5-13(8-12)17-2/h3-5,8H,6-7,9,11H2,1-2H3. The highest BCUT2D eigenvalue weighted by molar-refractivity contribution is 5.28. The van der Waals surface area contributed by atoms with Crippen molar-refractivity contribution in [1.29, 1.82) is 5.26 Å². The Morgan fingerprint density at radius 3 is 2.82 bits per heavy atom. The van der Waals surface area contributed by atoms with Gasteiger partial charge in [-0.1, -0.05) is 12.1 Å². The van der Waals surface area contributed by atoms with Crippen molar-refractivity contribution in [1.82, 2.24) is 4.90 Å². The molecular formula is C14H18N2O. The van der Waals surface area contributed by atoms with Gasteiger partial charge in [-0.3, -0.25) is 0 Å². The van der Waals surface area contributed by atoms with Crippen LogP contribution in [0.2, 0.25) is 0 Å². The van der Waals surface area contributed by atoms with Crippen molar-refractivity contribution in [3.63, 3.8) is 0 Å². The summed E-state index contributed by atoms with van der Waals surface area (Å²) in [5, 5.41) is 9.06. The van der Waals surface area contributed by atoms with Gasteiger partial charge in [0.1, 0.15) is 5.75 Å². The topological polar surface area (TPSA) is 36.3 Å². The van der Waals surface area contributed by atoms with E-state index in [-0.39, 0.29) is 5.41 Å². The first-order valence-corrected chi connectivity index (χ1v) is 5.90. The van der Waals surface area contributed by atoms with Crippen LogP contribution in [0.25, 0.3) is 0 Å². The summed E-state index contributed by atoms with van der Waals surface area (Å²) in [6, 6.07) is 10.5. The molecule has 17 heavy (non-hydrogen) atoms.